The van der Waals surface area contributed by atoms with E-state index in [2.05, 4.69) is 17.9 Å². The number of rotatable bonds is 14. The first-order valence-electron chi connectivity index (χ1n) is 7.93. The third-order valence-corrected chi connectivity index (χ3v) is 3.41. The number of methoxy groups -OCH3 is 1. The quantitative estimate of drug-likeness (QED) is 0.447. The first kappa shape index (κ1) is 18.4. The Labute approximate surface area is 119 Å². The van der Waals surface area contributed by atoms with Crippen molar-refractivity contribution in [3.63, 3.8) is 0 Å². The monoisotopic (exact) mass is 268 g/mol. The molecule has 0 aromatic carbocycles. The second-order valence-corrected chi connectivity index (χ2v) is 5.22. The molecule has 0 aliphatic rings. The average molecular weight is 268 g/mol. The molecule has 0 saturated carbocycles. The van der Waals surface area contributed by atoms with Crippen LogP contribution in [0.2, 0.25) is 0 Å². The van der Waals surface area contributed by atoms with E-state index in [-0.39, 0.29) is 0 Å². The molecule has 0 amide bonds. The molecule has 0 unspecified atom stereocenters. The zero-order valence-corrected chi connectivity index (χ0v) is 13.0. The molecule has 3 nitrogen and oxygen atoms in total. The molecule has 0 aliphatic heterocycles. The number of hydrogen-bond acceptors (Lipinski definition) is 3. The fourth-order valence-electron chi connectivity index (χ4n) is 2.24. The molecule has 0 aromatic rings. The molecule has 0 fully saturated rings. The smallest absolute Gasteiger partial charge is 0.0622 e. The summed E-state index contributed by atoms with van der Waals surface area (Å²) in [6.45, 7) is 6.63. The van der Waals surface area contributed by atoms with Crippen LogP contribution in [-0.4, -0.2) is 38.3 Å². The Bertz CT molecular complexity index is 213. The van der Waals surface area contributed by atoms with Crippen molar-refractivity contribution in [2.24, 2.45) is 0 Å². The fraction of sp³-hybridized carbons (Fsp3) is 0.938. The van der Waals surface area contributed by atoms with E-state index in [1.54, 1.807) is 7.11 Å². The van der Waals surface area contributed by atoms with Gasteiger partial charge < -0.3 is 9.64 Å². The van der Waals surface area contributed by atoms with Gasteiger partial charge in [-0.25, -0.2) is 0 Å². The van der Waals surface area contributed by atoms with Crippen LogP contribution in [-0.2, 0) is 4.74 Å². The Morgan fingerprint density at radius 3 is 2.16 bits per heavy atom. The molecule has 0 radical (unpaired) electrons. The Balaban J connectivity index is 3.62. The molecule has 0 aliphatic carbocycles. The lowest BCUT2D eigenvalue weighted by Crippen LogP contribution is -2.27. The highest BCUT2D eigenvalue weighted by Gasteiger charge is 2.04. The standard InChI is InChI=1S/C16H32N2O/c1-3-4-8-13-18(15-10-7-12-17)14-9-5-6-11-16-19-2/h3-11,13-16H2,1-2H3. The van der Waals surface area contributed by atoms with E-state index in [0.717, 1.165) is 19.6 Å². The van der Waals surface area contributed by atoms with Gasteiger partial charge in [-0.15, -0.1) is 0 Å². The van der Waals surface area contributed by atoms with Crippen LogP contribution in [0, 0.1) is 11.3 Å². The minimum Gasteiger partial charge on any atom is -0.385 e. The van der Waals surface area contributed by atoms with Crippen molar-refractivity contribution in [1.82, 2.24) is 4.90 Å². The molecule has 0 heterocycles. The third kappa shape index (κ3) is 13.6. The highest BCUT2D eigenvalue weighted by molar-refractivity contribution is 4.70. The van der Waals surface area contributed by atoms with Gasteiger partial charge in [0.05, 0.1) is 6.07 Å². The van der Waals surface area contributed by atoms with Crippen LogP contribution in [0.15, 0.2) is 0 Å². The zero-order valence-electron chi connectivity index (χ0n) is 13.0. The van der Waals surface area contributed by atoms with Crippen molar-refractivity contribution in [2.45, 2.75) is 64.7 Å². The van der Waals surface area contributed by atoms with Crippen molar-refractivity contribution in [3.05, 3.63) is 0 Å². The molecule has 0 bridgehead atoms. The van der Waals surface area contributed by atoms with Crippen molar-refractivity contribution in [2.75, 3.05) is 33.4 Å². The van der Waals surface area contributed by atoms with Gasteiger partial charge in [0.1, 0.15) is 0 Å². The number of nitriles is 1. The lowest BCUT2D eigenvalue weighted by Gasteiger charge is -2.21. The van der Waals surface area contributed by atoms with Crippen molar-refractivity contribution in [1.29, 1.82) is 5.26 Å². The van der Waals surface area contributed by atoms with Gasteiger partial charge in [-0.1, -0.05) is 32.6 Å². The van der Waals surface area contributed by atoms with E-state index in [9.17, 15) is 0 Å². The van der Waals surface area contributed by atoms with E-state index in [4.69, 9.17) is 10.00 Å². The lowest BCUT2D eigenvalue weighted by atomic mass is 10.1. The normalized spacial score (nSPS) is 10.8. The molecular formula is C16H32N2O. The van der Waals surface area contributed by atoms with Gasteiger partial charge in [-0.05, 0) is 45.3 Å². The summed E-state index contributed by atoms with van der Waals surface area (Å²) in [4.78, 5) is 2.54. The van der Waals surface area contributed by atoms with Crippen LogP contribution < -0.4 is 0 Å². The summed E-state index contributed by atoms with van der Waals surface area (Å²) < 4.78 is 5.06. The van der Waals surface area contributed by atoms with E-state index in [1.807, 2.05) is 0 Å². The predicted molar refractivity (Wildman–Crippen MR) is 81.2 cm³/mol. The Morgan fingerprint density at radius 2 is 1.53 bits per heavy atom. The topological polar surface area (TPSA) is 36.3 Å². The number of nitrogens with zero attached hydrogens (tertiary/aromatic N) is 2. The highest BCUT2D eigenvalue weighted by atomic mass is 16.5. The summed E-state index contributed by atoms with van der Waals surface area (Å²) in [5, 5.41) is 8.61. The van der Waals surface area contributed by atoms with Crippen LogP contribution in [0.5, 0.6) is 0 Å². The molecule has 0 saturated heterocycles. The summed E-state index contributed by atoms with van der Waals surface area (Å²) in [6, 6.07) is 2.24. The lowest BCUT2D eigenvalue weighted by molar-refractivity contribution is 0.190. The predicted octanol–water partition coefficient (Wildman–Crippen LogP) is 3.99. The molecule has 19 heavy (non-hydrogen) atoms. The summed E-state index contributed by atoms with van der Waals surface area (Å²) >= 11 is 0. The molecule has 0 atom stereocenters. The van der Waals surface area contributed by atoms with Gasteiger partial charge in [-0.3, -0.25) is 0 Å². The minimum absolute atomic E-state index is 0.693. The molecule has 0 N–H and O–H groups in total. The molecule has 0 spiro atoms. The van der Waals surface area contributed by atoms with E-state index in [0.29, 0.717) is 6.42 Å². The van der Waals surface area contributed by atoms with E-state index in [1.165, 1.54) is 58.0 Å². The number of unbranched alkanes of at least 4 members (excludes halogenated alkanes) is 6. The molecular weight excluding hydrogens is 236 g/mol. The van der Waals surface area contributed by atoms with Gasteiger partial charge in [0.2, 0.25) is 0 Å². The average Bonchev–Trinajstić information content (AvgIpc) is 2.42. The van der Waals surface area contributed by atoms with Crippen LogP contribution in [0.4, 0.5) is 0 Å². The third-order valence-electron chi connectivity index (χ3n) is 3.41. The SMILES string of the molecule is CCCCCN(CCCC#N)CCCCCCOC. The largest absolute Gasteiger partial charge is 0.385 e. The summed E-state index contributed by atoms with van der Waals surface area (Å²) in [6.07, 6.45) is 10.6. The fourth-order valence-corrected chi connectivity index (χ4v) is 2.24. The Hall–Kier alpha value is -0.590. The number of ether oxygens (including phenoxy) is 1. The maximum Gasteiger partial charge on any atom is 0.0622 e. The Kier molecular flexibility index (Phi) is 15.0. The molecule has 0 rings (SSSR count). The van der Waals surface area contributed by atoms with Gasteiger partial charge in [-0.2, -0.15) is 5.26 Å². The highest BCUT2D eigenvalue weighted by Crippen LogP contribution is 2.06. The van der Waals surface area contributed by atoms with E-state index >= 15 is 0 Å². The van der Waals surface area contributed by atoms with Crippen molar-refractivity contribution < 1.29 is 4.74 Å². The second-order valence-electron chi connectivity index (χ2n) is 5.22. The van der Waals surface area contributed by atoms with Gasteiger partial charge in [0, 0.05) is 20.1 Å². The van der Waals surface area contributed by atoms with Crippen LogP contribution in [0.3, 0.4) is 0 Å². The van der Waals surface area contributed by atoms with Crippen molar-refractivity contribution in [3.8, 4) is 6.07 Å². The first-order valence-corrected chi connectivity index (χ1v) is 7.93. The number of hydrogen-bond donors (Lipinski definition) is 0. The van der Waals surface area contributed by atoms with E-state index < -0.39 is 0 Å². The summed E-state index contributed by atoms with van der Waals surface area (Å²) in [5.74, 6) is 0. The first-order chi connectivity index (χ1) is 9.35. The molecule has 112 valence electrons. The maximum absolute atomic E-state index is 8.61. The van der Waals surface area contributed by atoms with Gasteiger partial charge in [0.15, 0.2) is 0 Å². The Morgan fingerprint density at radius 1 is 0.895 bits per heavy atom. The van der Waals surface area contributed by atoms with Gasteiger partial charge >= 0.3 is 0 Å². The molecule has 0 aromatic heterocycles. The zero-order chi connectivity index (χ0) is 14.2. The van der Waals surface area contributed by atoms with Crippen LogP contribution in [0.25, 0.3) is 0 Å². The summed E-state index contributed by atoms with van der Waals surface area (Å²) in [7, 11) is 1.77. The van der Waals surface area contributed by atoms with Gasteiger partial charge in [0.25, 0.3) is 0 Å². The molecule has 3 heteroatoms. The minimum atomic E-state index is 0.693. The second kappa shape index (κ2) is 15.5. The van der Waals surface area contributed by atoms with Crippen LogP contribution in [0.1, 0.15) is 64.7 Å². The summed E-state index contributed by atoms with van der Waals surface area (Å²) in [5.41, 5.74) is 0. The van der Waals surface area contributed by atoms with Crippen LogP contribution >= 0.6 is 0 Å². The maximum atomic E-state index is 8.61. The van der Waals surface area contributed by atoms with Crippen molar-refractivity contribution >= 4 is 0 Å².